The Morgan fingerprint density at radius 2 is 2.11 bits per heavy atom. The number of rotatable bonds is 4. The topological polar surface area (TPSA) is 108 Å². The number of nitro groups is 1. The summed E-state index contributed by atoms with van der Waals surface area (Å²) in [5.74, 6) is -0.125. The molecule has 0 aliphatic carbocycles. The summed E-state index contributed by atoms with van der Waals surface area (Å²) in [4.78, 5) is 22.2. The van der Waals surface area contributed by atoms with E-state index in [1.54, 1.807) is 6.20 Å². The molecule has 2 aromatic rings. The van der Waals surface area contributed by atoms with Gasteiger partial charge >= 0.3 is 5.69 Å². The van der Waals surface area contributed by atoms with Crippen molar-refractivity contribution in [3.63, 3.8) is 0 Å². The van der Waals surface area contributed by atoms with Crippen LogP contribution in [0.2, 0.25) is 0 Å². The van der Waals surface area contributed by atoms with Gasteiger partial charge in [-0.15, -0.1) is 0 Å². The molecule has 0 saturated heterocycles. The molecule has 0 fully saturated rings. The van der Waals surface area contributed by atoms with Crippen molar-refractivity contribution in [1.29, 1.82) is 0 Å². The fraction of sp³-hybridized carbons (Fsp3) is 0.250. The first kappa shape index (κ1) is 12.9. The Kier molecular flexibility index (Phi) is 3.65. The van der Waals surface area contributed by atoms with Crippen LogP contribution in [0.25, 0.3) is 0 Å². The van der Waals surface area contributed by atoms with Gasteiger partial charge in [0.2, 0.25) is 5.82 Å². The van der Waals surface area contributed by atoms with Gasteiger partial charge in [-0.1, -0.05) is 13.0 Å². The number of nitrogens with zero attached hydrogens (tertiary/aromatic N) is 4. The molecule has 19 heavy (non-hydrogen) atoms. The zero-order valence-electron chi connectivity index (χ0n) is 10.4. The predicted octanol–water partition coefficient (Wildman–Crippen LogP) is 1.52. The van der Waals surface area contributed by atoms with E-state index in [1.165, 1.54) is 6.33 Å². The maximum atomic E-state index is 11.0. The van der Waals surface area contributed by atoms with Gasteiger partial charge in [-0.3, -0.25) is 15.1 Å². The third-order valence-electron chi connectivity index (χ3n) is 2.75. The van der Waals surface area contributed by atoms with Gasteiger partial charge in [0.05, 0.1) is 4.92 Å². The van der Waals surface area contributed by atoms with Crippen LogP contribution in [0.4, 0.5) is 11.5 Å². The zero-order valence-corrected chi connectivity index (χ0v) is 10.4. The molecule has 2 N–H and O–H groups in total. The minimum absolute atomic E-state index is 0.125. The van der Waals surface area contributed by atoms with Crippen LogP contribution in [0.5, 0.6) is 0 Å². The van der Waals surface area contributed by atoms with Crippen molar-refractivity contribution in [2.45, 2.75) is 19.8 Å². The number of anilines is 1. The summed E-state index contributed by atoms with van der Waals surface area (Å²) in [6, 6.07) is 3.78. The lowest BCUT2D eigenvalue weighted by atomic mass is 10.1. The number of pyridine rings is 1. The lowest BCUT2D eigenvalue weighted by molar-refractivity contribution is -0.385. The minimum atomic E-state index is -0.564. The molecule has 0 aromatic carbocycles. The average molecular weight is 259 g/mol. The number of aryl methyl sites for hydroxylation is 1. The van der Waals surface area contributed by atoms with Gasteiger partial charge in [0, 0.05) is 18.3 Å². The number of nitrogens with two attached hydrogens (primary N) is 1. The molecule has 98 valence electrons. The highest BCUT2D eigenvalue weighted by atomic mass is 16.6. The normalized spacial score (nSPS) is 10.4. The predicted molar refractivity (Wildman–Crippen MR) is 69.5 cm³/mol. The Balaban J connectivity index is 2.32. The van der Waals surface area contributed by atoms with Crippen LogP contribution in [-0.2, 0) is 12.8 Å². The van der Waals surface area contributed by atoms with Crippen LogP contribution in [-0.4, -0.2) is 19.9 Å². The molecule has 2 heterocycles. The molecule has 0 unspecified atom stereocenters. The molecule has 0 radical (unpaired) electrons. The standard InChI is InChI=1S/C12H13N5O2/c1-2-8-3-4-9(14-6-8)5-10-11(17(18)19)12(13)16-7-15-10/h3-4,6-7H,2,5H2,1H3,(H2,13,15,16). The summed E-state index contributed by atoms with van der Waals surface area (Å²) in [5, 5.41) is 11.0. The molecule has 2 aromatic heterocycles. The Morgan fingerprint density at radius 3 is 2.68 bits per heavy atom. The van der Waals surface area contributed by atoms with E-state index >= 15 is 0 Å². The highest BCUT2D eigenvalue weighted by Crippen LogP contribution is 2.23. The molecule has 0 spiro atoms. The molecular formula is C12H13N5O2. The van der Waals surface area contributed by atoms with E-state index in [0.717, 1.165) is 12.0 Å². The van der Waals surface area contributed by atoms with Crippen LogP contribution in [0.1, 0.15) is 23.9 Å². The van der Waals surface area contributed by atoms with Crippen LogP contribution in [0.15, 0.2) is 24.7 Å². The summed E-state index contributed by atoms with van der Waals surface area (Å²) in [6.07, 6.45) is 4.13. The van der Waals surface area contributed by atoms with Crippen molar-refractivity contribution in [1.82, 2.24) is 15.0 Å². The second kappa shape index (κ2) is 5.38. The van der Waals surface area contributed by atoms with Crippen LogP contribution >= 0.6 is 0 Å². The first-order chi connectivity index (χ1) is 9.11. The van der Waals surface area contributed by atoms with Gasteiger partial charge in [0.25, 0.3) is 0 Å². The van der Waals surface area contributed by atoms with Crippen molar-refractivity contribution < 1.29 is 4.92 Å². The van der Waals surface area contributed by atoms with Crippen molar-refractivity contribution in [3.05, 3.63) is 51.7 Å². The fourth-order valence-electron chi connectivity index (χ4n) is 1.70. The molecule has 0 aliphatic rings. The lowest BCUT2D eigenvalue weighted by Gasteiger charge is -2.04. The third kappa shape index (κ3) is 2.82. The van der Waals surface area contributed by atoms with E-state index in [1.807, 2.05) is 19.1 Å². The van der Waals surface area contributed by atoms with E-state index < -0.39 is 4.92 Å². The second-order valence-electron chi connectivity index (χ2n) is 4.00. The highest BCUT2D eigenvalue weighted by Gasteiger charge is 2.20. The molecule has 0 atom stereocenters. The molecule has 7 heteroatoms. The molecule has 0 bridgehead atoms. The highest BCUT2D eigenvalue weighted by molar-refractivity contribution is 5.55. The van der Waals surface area contributed by atoms with E-state index in [4.69, 9.17) is 5.73 Å². The Labute approximate surface area is 109 Å². The fourth-order valence-corrected chi connectivity index (χ4v) is 1.70. The van der Waals surface area contributed by atoms with Crippen molar-refractivity contribution in [3.8, 4) is 0 Å². The van der Waals surface area contributed by atoms with Gasteiger partial charge in [-0.05, 0) is 18.1 Å². The van der Waals surface area contributed by atoms with Crippen molar-refractivity contribution in [2.24, 2.45) is 0 Å². The van der Waals surface area contributed by atoms with Crippen LogP contribution in [0.3, 0.4) is 0 Å². The third-order valence-corrected chi connectivity index (χ3v) is 2.75. The molecule has 0 aliphatic heterocycles. The Morgan fingerprint density at radius 1 is 1.32 bits per heavy atom. The quantitative estimate of drug-likeness (QED) is 0.658. The molecule has 0 saturated carbocycles. The first-order valence-corrected chi connectivity index (χ1v) is 5.79. The van der Waals surface area contributed by atoms with Crippen LogP contribution in [0, 0.1) is 10.1 Å². The van der Waals surface area contributed by atoms with Gasteiger partial charge < -0.3 is 5.73 Å². The van der Waals surface area contributed by atoms with Gasteiger partial charge in [-0.25, -0.2) is 9.97 Å². The van der Waals surface area contributed by atoms with E-state index in [2.05, 4.69) is 15.0 Å². The van der Waals surface area contributed by atoms with E-state index in [9.17, 15) is 10.1 Å². The second-order valence-corrected chi connectivity index (χ2v) is 4.00. The smallest absolute Gasteiger partial charge is 0.332 e. The molecule has 7 nitrogen and oxygen atoms in total. The molecular weight excluding hydrogens is 246 g/mol. The van der Waals surface area contributed by atoms with E-state index in [-0.39, 0.29) is 23.6 Å². The lowest BCUT2D eigenvalue weighted by Crippen LogP contribution is -2.06. The van der Waals surface area contributed by atoms with Crippen LogP contribution < -0.4 is 5.73 Å². The summed E-state index contributed by atoms with van der Waals surface area (Å²) < 4.78 is 0. The Hall–Kier alpha value is -2.57. The summed E-state index contributed by atoms with van der Waals surface area (Å²) in [7, 11) is 0. The van der Waals surface area contributed by atoms with Crippen molar-refractivity contribution in [2.75, 3.05) is 5.73 Å². The maximum Gasteiger partial charge on any atom is 0.332 e. The largest absolute Gasteiger partial charge is 0.378 e. The monoisotopic (exact) mass is 259 g/mol. The summed E-state index contributed by atoms with van der Waals surface area (Å²) in [6.45, 7) is 2.03. The average Bonchev–Trinajstić information content (AvgIpc) is 2.39. The number of hydrogen-bond acceptors (Lipinski definition) is 6. The maximum absolute atomic E-state index is 11.0. The summed E-state index contributed by atoms with van der Waals surface area (Å²) in [5.41, 5.74) is 7.35. The van der Waals surface area contributed by atoms with E-state index in [0.29, 0.717) is 5.69 Å². The minimum Gasteiger partial charge on any atom is -0.378 e. The van der Waals surface area contributed by atoms with Crippen molar-refractivity contribution >= 4 is 11.5 Å². The summed E-state index contributed by atoms with van der Waals surface area (Å²) >= 11 is 0. The molecule has 0 amide bonds. The first-order valence-electron chi connectivity index (χ1n) is 5.79. The zero-order chi connectivity index (χ0) is 13.8. The number of aromatic nitrogens is 3. The number of hydrogen-bond donors (Lipinski definition) is 1. The SMILES string of the molecule is CCc1ccc(Cc2ncnc(N)c2[N+](=O)[O-])nc1. The van der Waals surface area contributed by atoms with Gasteiger partial charge in [0.15, 0.2) is 0 Å². The van der Waals surface area contributed by atoms with Gasteiger partial charge in [0.1, 0.15) is 12.0 Å². The number of nitrogen functional groups attached to an aromatic ring is 1. The molecule has 2 rings (SSSR count). The Bertz CT molecular complexity index is 598. The van der Waals surface area contributed by atoms with Gasteiger partial charge in [-0.2, -0.15) is 0 Å².